The Labute approximate surface area is 136 Å². The van der Waals surface area contributed by atoms with Crippen LogP contribution in [0.25, 0.3) is 0 Å². The highest BCUT2D eigenvalue weighted by atomic mass is 16.7. The number of hydrogen-bond donors (Lipinski definition) is 1. The highest BCUT2D eigenvalue weighted by Crippen LogP contribution is 2.44. The van der Waals surface area contributed by atoms with E-state index in [1.54, 1.807) is 0 Å². The van der Waals surface area contributed by atoms with Crippen molar-refractivity contribution in [1.82, 2.24) is 0 Å². The van der Waals surface area contributed by atoms with Crippen LogP contribution in [0.2, 0.25) is 0 Å². The zero-order valence-corrected chi connectivity index (χ0v) is 13.3. The van der Waals surface area contributed by atoms with Crippen molar-refractivity contribution in [2.24, 2.45) is 0 Å². The van der Waals surface area contributed by atoms with Crippen molar-refractivity contribution >= 4 is 6.16 Å². The predicted molar refractivity (Wildman–Crippen MR) is 84.3 cm³/mol. The number of ether oxygens (including phenoxy) is 3. The fourth-order valence-electron chi connectivity index (χ4n) is 3.72. The number of benzene rings is 1. The summed E-state index contributed by atoms with van der Waals surface area (Å²) in [6.45, 7) is 1.25. The van der Waals surface area contributed by atoms with E-state index in [1.807, 2.05) is 18.2 Å². The van der Waals surface area contributed by atoms with Gasteiger partial charge in [0, 0.05) is 12.8 Å². The third-order valence-corrected chi connectivity index (χ3v) is 4.98. The van der Waals surface area contributed by atoms with E-state index in [9.17, 15) is 4.79 Å². The lowest BCUT2D eigenvalue weighted by atomic mass is 9.78. The monoisotopic (exact) mass is 320 g/mol. The molecular weight excluding hydrogens is 296 g/mol. The summed E-state index contributed by atoms with van der Waals surface area (Å²) >= 11 is 0. The Morgan fingerprint density at radius 2 is 1.74 bits per heavy atom. The van der Waals surface area contributed by atoms with Crippen molar-refractivity contribution in [3.05, 3.63) is 35.9 Å². The lowest BCUT2D eigenvalue weighted by Crippen LogP contribution is -2.46. The quantitative estimate of drug-likeness (QED) is 0.837. The molecule has 2 aliphatic rings. The van der Waals surface area contributed by atoms with Crippen LogP contribution in [0.15, 0.2) is 30.3 Å². The van der Waals surface area contributed by atoms with E-state index in [0.717, 1.165) is 19.3 Å². The van der Waals surface area contributed by atoms with Crippen LogP contribution < -0.4 is 0 Å². The summed E-state index contributed by atoms with van der Waals surface area (Å²) in [5.41, 5.74) is 0.675. The Balaban J connectivity index is 1.58. The minimum Gasteiger partial charge on any atom is -0.450 e. The van der Waals surface area contributed by atoms with Gasteiger partial charge in [-0.1, -0.05) is 30.3 Å². The Morgan fingerprint density at radius 3 is 2.35 bits per heavy atom. The molecule has 0 bridgehead atoms. The van der Waals surface area contributed by atoms with E-state index >= 15 is 0 Å². The van der Waals surface area contributed by atoms with Crippen molar-refractivity contribution in [2.45, 2.75) is 56.3 Å². The van der Waals surface area contributed by atoms with E-state index in [-0.39, 0.29) is 0 Å². The van der Waals surface area contributed by atoms with Gasteiger partial charge in [-0.2, -0.15) is 0 Å². The van der Waals surface area contributed by atoms with Crippen molar-refractivity contribution in [3.63, 3.8) is 0 Å². The molecule has 1 aliphatic carbocycles. The Hall–Kier alpha value is -1.59. The minimum absolute atomic E-state index is 0.495. The van der Waals surface area contributed by atoms with E-state index in [2.05, 4.69) is 12.1 Å². The summed E-state index contributed by atoms with van der Waals surface area (Å²) < 4.78 is 16.8. The molecule has 1 saturated carbocycles. The molecule has 0 aromatic heterocycles. The van der Waals surface area contributed by atoms with Crippen molar-refractivity contribution in [1.29, 1.82) is 0 Å². The third-order valence-electron chi connectivity index (χ3n) is 4.98. The number of hydrogen-bond acceptors (Lipinski definition) is 4. The van der Waals surface area contributed by atoms with E-state index < -0.39 is 17.5 Å². The van der Waals surface area contributed by atoms with Crippen LogP contribution in [0.4, 0.5) is 4.79 Å². The molecule has 3 rings (SSSR count). The molecule has 1 N–H and O–H groups in total. The van der Waals surface area contributed by atoms with Crippen LogP contribution in [-0.4, -0.2) is 35.9 Å². The summed E-state index contributed by atoms with van der Waals surface area (Å²) in [6.07, 6.45) is 4.12. The first-order valence-corrected chi connectivity index (χ1v) is 8.35. The van der Waals surface area contributed by atoms with Gasteiger partial charge in [0.15, 0.2) is 5.79 Å². The fraction of sp³-hybridized carbons (Fsp3) is 0.611. The van der Waals surface area contributed by atoms with Gasteiger partial charge in [-0.3, -0.25) is 0 Å². The molecule has 1 heterocycles. The van der Waals surface area contributed by atoms with Crippen molar-refractivity contribution in [2.75, 3.05) is 13.2 Å². The van der Waals surface area contributed by atoms with Gasteiger partial charge in [-0.05, 0) is 37.7 Å². The SMILES string of the molecule is O=C(O)OC1(CCCc2ccccc2)CCC2(CC1)OCCO2. The zero-order valence-electron chi connectivity index (χ0n) is 13.3. The molecular formula is C18H24O5. The molecule has 23 heavy (non-hydrogen) atoms. The maximum Gasteiger partial charge on any atom is 0.506 e. The maximum atomic E-state index is 11.1. The second kappa shape index (κ2) is 6.89. The standard InChI is InChI=1S/C18H24O5/c19-16(20)23-17(8-4-7-15-5-2-1-3-6-15)9-11-18(12-10-17)21-13-14-22-18/h1-3,5-6H,4,7-14H2,(H,19,20). The Bertz CT molecular complexity index is 511. The lowest BCUT2D eigenvalue weighted by Gasteiger charge is -2.42. The Morgan fingerprint density at radius 1 is 1.09 bits per heavy atom. The smallest absolute Gasteiger partial charge is 0.450 e. The van der Waals surface area contributed by atoms with Gasteiger partial charge in [-0.25, -0.2) is 4.79 Å². The maximum absolute atomic E-state index is 11.1. The molecule has 0 unspecified atom stereocenters. The van der Waals surface area contributed by atoms with E-state index in [0.29, 0.717) is 38.9 Å². The highest BCUT2D eigenvalue weighted by Gasteiger charge is 2.48. The summed E-state index contributed by atoms with van der Waals surface area (Å²) in [7, 11) is 0. The molecule has 5 nitrogen and oxygen atoms in total. The minimum atomic E-state index is -1.19. The van der Waals surface area contributed by atoms with Crippen molar-refractivity contribution in [3.8, 4) is 0 Å². The predicted octanol–water partition coefficient (Wildman–Crippen LogP) is 3.76. The molecule has 1 aromatic rings. The second-order valence-corrected chi connectivity index (χ2v) is 6.50. The highest BCUT2D eigenvalue weighted by molar-refractivity contribution is 5.57. The lowest BCUT2D eigenvalue weighted by molar-refractivity contribution is -0.205. The van der Waals surface area contributed by atoms with E-state index in [1.165, 1.54) is 5.56 Å². The van der Waals surface area contributed by atoms with Gasteiger partial charge in [0.25, 0.3) is 0 Å². The largest absolute Gasteiger partial charge is 0.506 e. The van der Waals surface area contributed by atoms with Crippen LogP contribution in [0.3, 0.4) is 0 Å². The second-order valence-electron chi connectivity index (χ2n) is 6.50. The van der Waals surface area contributed by atoms with Gasteiger partial charge in [0.2, 0.25) is 0 Å². The number of rotatable bonds is 5. The first-order valence-electron chi connectivity index (χ1n) is 8.35. The average molecular weight is 320 g/mol. The number of aryl methyl sites for hydroxylation is 1. The van der Waals surface area contributed by atoms with E-state index in [4.69, 9.17) is 19.3 Å². The molecule has 1 saturated heterocycles. The summed E-state index contributed by atoms with van der Waals surface area (Å²) in [4.78, 5) is 11.1. The van der Waals surface area contributed by atoms with Gasteiger partial charge in [-0.15, -0.1) is 0 Å². The van der Waals surface area contributed by atoms with Crippen LogP contribution in [0.5, 0.6) is 0 Å². The molecule has 5 heteroatoms. The van der Waals surface area contributed by atoms with Gasteiger partial charge in [0.05, 0.1) is 13.2 Å². The molecule has 1 aliphatic heterocycles. The van der Waals surface area contributed by atoms with Crippen LogP contribution in [-0.2, 0) is 20.6 Å². The number of carbonyl (C=O) groups is 1. The first-order chi connectivity index (χ1) is 11.1. The van der Waals surface area contributed by atoms with Crippen LogP contribution in [0, 0.1) is 0 Å². The molecule has 1 spiro atoms. The zero-order chi connectivity index (χ0) is 16.2. The van der Waals surface area contributed by atoms with Crippen LogP contribution in [0.1, 0.15) is 44.1 Å². The molecule has 2 fully saturated rings. The topological polar surface area (TPSA) is 65.0 Å². The van der Waals surface area contributed by atoms with Crippen LogP contribution >= 0.6 is 0 Å². The van der Waals surface area contributed by atoms with Gasteiger partial charge < -0.3 is 19.3 Å². The first kappa shape index (κ1) is 16.3. The molecule has 0 radical (unpaired) electrons. The number of carboxylic acid groups (broad SMARTS) is 1. The summed E-state index contributed by atoms with van der Waals surface area (Å²) in [6, 6.07) is 10.2. The molecule has 0 amide bonds. The average Bonchev–Trinajstić information content (AvgIpc) is 3.00. The summed E-state index contributed by atoms with van der Waals surface area (Å²) in [5.74, 6) is -0.495. The van der Waals surface area contributed by atoms with Gasteiger partial charge >= 0.3 is 6.16 Å². The summed E-state index contributed by atoms with van der Waals surface area (Å²) in [5, 5.41) is 9.12. The Kier molecular flexibility index (Phi) is 4.87. The molecule has 126 valence electrons. The normalized spacial score (nSPS) is 22.1. The third kappa shape index (κ3) is 4.03. The molecule has 1 aromatic carbocycles. The van der Waals surface area contributed by atoms with Crippen molar-refractivity contribution < 1.29 is 24.1 Å². The van der Waals surface area contributed by atoms with Gasteiger partial charge in [0.1, 0.15) is 5.60 Å². The fourth-order valence-corrected chi connectivity index (χ4v) is 3.72. The molecule has 0 atom stereocenters.